The Balaban J connectivity index is 2.41. The highest BCUT2D eigenvalue weighted by molar-refractivity contribution is 6.62. The van der Waals surface area contributed by atoms with Gasteiger partial charge in [-0.15, -0.1) is 0 Å². The van der Waals surface area contributed by atoms with Crippen molar-refractivity contribution in [2.24, 2.45) is 0 Å². The Bertz CT molecular complexity index is 526. The first-order valence-corrected chi connectivity index (χ1v) is 6.40. The zero-order valence-electron chi connectivity index (χ0n) is 12.3. The second kappa shape index (κ2) is 4.86. The Kier molecular flexibility index (Phi) is 3.65. The molecule has 0 atom stereocenters. The molecule has 108 valence electrons. The van der Waals surface area contributed by atoms with E-state index in [1.807, 2.05) is 27.7 Å². The topological polar surface area (TPSA) is 44.8 Å². The molecule has 0 bridgehead atoms. The van der Waals surface area contributed by atoms with E-state index in [-0.39, 0.29) is 11.3 Å². The van der Waals surface area contributed by atoms with Gasteiger partial charge in [-0.05, 0) is 45.3 Å². The quantitative estimate of drug-likeness (QED) is 0.627. The van der Waals surface area contributed by atoms with Crippen LogP contribution < -0.4 is 10.2 Å². The third-order valence-corrected chi connectivity index (χ3v) is 3.95. The van der Waals surface area contributed by atoms with Crippen molar-refractivity contribution in [3.05, 3.63) is 23.5 Å². The molecule has 6 heteroatoms. The molecule has 0 aliphatic carbocycles. The van der Waals surface area contributed by atoms with Crippen molar-refractivity contribution in [2.75, 3.05) is 7.11 Å². The number of rotatable bonds is 3. The second-order valence-electron chi connectivity index (χ2n) is 5.83. The fourth-order valence-electron chi connectivity index (χ4n) is 2.05. The summed E-state index contributed by atoms with van der Waals surface area (Å²) in [7, 11) is 0.610. The lowest BCUT2D eigenvalue weighted by atomic mass is 9.78. The first-order chi connectivity index (χ1) is 9.21. The lowest BCUT2D eigenvalue weighted by Crippen LogP contribution is -2.41. The molecule has 1 fully saturated rings. The van der Waals surface area contributed by atoms with Crippen molar-refractivity contribution in [3.63, 3.8) is 0 Å². The number of aldehydes is 1. The van der Waals surface area contributed by atoms with Crippen LogP contribution in [0.2, 0.25) is 0 Å². The molecule has 1 aliphatic heterocycles. The molecule has 1 heterocycles. The van der Waals surface area contributed by atoms with Crippen LogP contribution in [-0.2, 0) is 9.31 Å². The monoisotopic (exact) mass is 280 g/mol. The van der Waals surface area contributed by atoms with E-state index in [9.17, 15) is 9.18 Å². The maximum atomic E-state index is 13.9. The summed E-state index contributed by atoms with van der Waals surface area (Å²) in [6.07, 6.45) is 0.552. The maximum absolute atomic E-state index is 13.9. The van der Waals surface area contributed by atoms with Crippen molar-refractivity contribution >= 4 is 18.9 Å². The average molecular weight is 280 g/mol. The molecular weight excluding hydrogens is 262 g/mol. The number of halogens is 1. The Morgan fingerprint density at radius 1 is 1.20 bits per heavy atom. The van der Waals surface area contributed by atoms with E-state index >= 15 is 0 Å². The molecule has 0 N–H and O–H groups in total. The molecule has 0 spiro atoms. The molecule has 2 rings (SSSR count). The van der Waals surface area contributed by atoms with Crippen LogP contribution in [0.1, 0.15) is 38.1 Å². The van der Waals surface area contributed by atoms with Gasteiger partial charge in [-0.1, -0.05) is 0 Å². The minimum absolute atomic E-state index is 0.0692. The fourth-order valence-corrected chi connectivity index (χ4v) is 2.05. The van der Waals surface area contributed by atoms with Gasteiger partial charge in [0.15, 0.2) is 17.9 Å². The predicted molar refractivity (Wildman–Crippen MR) is 74.1 cm³/mol. The molecule has 1 saturated heterocycles. The first-order valence-electron chi connectivity index (χ1n) is 6.40. The number of hydrogen-bond acceptors (Lipinski definition) is 4. The molecule has 0 amide bonds. The Morgan fingerprint density at radius 3 is 2.20 bits per heavy atom. The summed E-state index contributed by atoms with van der Waals surface area (Å²) >= 11 is 0. The number of benzene rings is 1. The summed E-state index contributed by atoms with van der Waals surface area (Å²) < 4.78 is 30.5. The van der Waals surface area contributed by atoms with E-state index in [0.29, 0.717) is 11.7 Å². The summed E-state index contributed by atoms with van der Waals surface area (Å²) in [6.45, 7) is 7.64. The summed E-state index contributed by atoms with van der Waals surface area (Å²) in [5.41, 5.74) is -0.438. The molecule has 0 unspecified atom stereocenters. The van der Waals surface area contributed by atoms with Crippen molar-refractivity contribution in [2.45, 2.75) is 38.9 Å². The molecule has 1 aromatic rings. The molecule has 0 aromatic heterocycles. The molecule has 20 heavy (non-hydrogen) atoms. The minimum atomic E-state index is -0.709. The molecule has 4 nitrogen and oxygen atoms in total. The average Bonchev–Trinajstić information content (AvgIpc) is 2.57. The van der Waals surface area contributed by atoms with Crippen molar-refractivity contribution in [1.29, 1.82) is 0 Å². The van der Waals surface area contributed by atoms with E-state index < -0.39 is 24.1 Å². The van der Waals surface area contributed by atoms with Crippen LogP contribution in [0.3, 0.4) is 0 Å². The number of carbonyl (C=O) groups is 1. The smallest absolute Gasteiger partial charge is 0.493 e. The Labute approximate surface area is 118 Å². The highest BCUT2D eigenvalue weighted by Crippen LogP contribution is 2.36. The van der Waals surface area contributed by atoms with Crippen molar-refractivity contribution in [1.82, 2.24) is 0 Å². The predicted octanol–water partition coefficient (Wildman–Crippen LogP) is 1.95. The van der Waals surface area contributed by atoms with E-state index in [1.54, 1.807) is 0 Å². The summed E-state index contributed by atoms with van der Waals surface area (Å²) in [5.74, 6) is -0.679. The zero-order chi connectivity index (χ0) is 15.1. The lowest BCUT2D eigenvalue weighted by Gasteiger charge is -2.32. The molecule has 0 saturated carbocycles. The van der Waals surface area contributed by atoms with Gasteiger partial charge in [0.2, 0.25) is 0 Å². The van der Waals surface area contributed by atoms with Crippen LogP contribution in [0.15, 0.2) is 12.1 Å². The van der Waals surface area contributed by atoms with Gasteiger partial charge in [0, 0.05) is 0 Å². The number of ether oxygens (including phenoxy) is 1. The van der Waals surface area contributed by atoms with Gasteiger partial charge in [-0.3, -0.25) is 4.79 Å². The third kappa shape index (κ3) is 2.34. The van der Waals surface area contributed by atoms with Gasteiger partial charge in [0.1, 0.15) is 0 Å². The minimum Gasteiger partial charge on any atom is -0.493 e. The van der Waals surface area contributed by atoms with E-state index in [4.69, 9.17) is 14.0 Å². The molecular formula is C14H18BFO4. The SMILES string of the molecule is COc1c(F)cc(B2OC(C)(C)C(C)(C)O2)cc1C=O. The number of hydrogen-bond donors (Lipinski definition) is 0. The Morgan fingerprint density at radius 2 is 1.75 bits per heavy atom. The summed E-state index contributed by atoms with van der Waals surface area (Å²) in [6, 6.07) is 2.80. The van der Waals surface area contributed by atoms with E-state index in [1.165, 1.54) is 19.2 Å². The van der Waals surface area contributed by atoms with Crippen LogP contribution >= 0.6 is 0 Å². The summed E-state index contributed by atoms with van der Waals surface area (Å²) in [4.78, 5) is 11.0. The molecule has 1 aromatic carbocycles. The van der Waals surface area contributed by atoms with Crippen LogP contribution in [0.4, 0.5) is 4.39 Å². The van der Waals surface area contributed by atoms with E-state index in [0.717, 1.165) is 0 Å². The van der Waals surface area contributed by atoms with E-state index in [2.05, 4.69) is 0 Å². The molecule has 1 aliphatic rings. The molecule has 0 radical (unpaired) electrons. The van der Waals surface area contributed by atoms with Crippen molar-refractivity contribution in [3.8, 4) is 5.75 Å². The maximum Gasteiger partial charge on any atom is 0.494 e. The lowest BCUT2D eigenvalue weighted by molar-refractivity contribution is 0.00578. The first kappa shape index (κ1) is 15.0. The van der Waals surface area contributed by atoms with Crippen LogP contribution in [0.5, 0.6) is 5.75 Å². The largest absolute Gasteiger partial charge is 0.494 e. The van der Waals surface area contributed by atoms with Gasteiger partial charge < -0.3 is 14.0 Å². The van der Waals surface area contributed by atoms with Gasteiger partial charge in [-0.25, -0.2) is 4.39 Å². The standard InChI is InChI=1S/C14H18BFO4/c1-13(2)14(3,4)20-15(19-13)10-6-9(8-17)12(18-5)11(16)7-10/h6-8H,1-5H3. The zero-order valence-corrected chi connectivity index (χ0v) is 12.3. The van der Waals surface area contributed by atoms with Gasteiger partial charge in [-0.2, -0.15) is 0 Å². The number of methoxy groups -OCH3 is 1. The fraction of sp³-hybridized carbons (Fsp3) is 0.500. The van der Waals surface area contributed by atoms with Crippen LogP contribution in [0.25, 0.3) is 0 Å². The third-order valence-electron chi connectivity index (χ3n) is 3.95. The summed E-state index contributed by atoms with van der Waals surface area (Å²) in [5, 5.41) is 0. The van der Waals surface area contributed by atoms with Gasteiger partial charge >= 0.3 is 7.12 Å². The van der Waals surface area contributed by atoms with Crippen LogP contribution in [0, 0.1) is 5.82 Å². The van der Waals surface area contributed by atoms with Gasteiger partial charge in [0.25, 0.3) is 0 Å². The number of carbonyl (C=O) groups excluding carboxylic acids is 1. The van der Waals surface area contributed by atoms with Crippen molar-refractivity contribution < 1.29 is 23.2 Å². The highest BCUT2D eigenvalue weighted by atomic mass is 19.1. The Hall–Kier alpha value is -1.40. The second-order valence-corrected chi connectivity index (χ2v) is 5.83. The normalized spacial score (nSPS) is 20.0. The van der Waals surface area contributed by atoms with Gasteiger partial charge in [0.05, 0.1) is 23.9 Å². The van der Waals surface area contributed by atoms with Crippen LogP contribution in [-0.4, -0.2) is 31.7 Å². The highest BCUT2D eigenvalue weighted by Gasteiger charge is 2.51.